The van der Waals surface area contributed by atoms with Crippen LogP contribution in [0.15, 0.2) is 28.7 Å². The third-order valence-corrected chi connectivity index (χ3v) is 3.11. The van der Waals surface area contributed by atoms with Gasteiger partial charge >= 0.3 is 0 Å². The molecule has 23 heavy (non-hydrogen) atoms. The lowest BCUT2D eigenvalue weighted by atomic mass is 10.2. The molecule has 0 bridgehead atoms. The van der Waals surface area contributed by atoms with E-state index < -0.39 is 0 Å². The highest BCUT2D eigenvalue weighted by molar-refractivity contribution is 5.67. The monoisotopic (exact) mass is 312 g/mol. The van der Waals surface area contributed by atoms with Crippen molar-refractivity contribution in [3.05, 3.63) is 41.4 Å². The fraction of sp³-hybridized carbons (Fsp3) is 0.294. The highest BCUT2D eigenvalue weighted by atomic mass is 16.5. The van der Waals surface area contributed by atoms with Crippen LogP contribution in [0, 0.1) is 11.3 Å². The molecule has 0 unspecified atom stereocenters. The molecule has 0 aliphatic carbocycles. The first-order chi connectivity index (χ1) is 11.1. The van der Waals surface area contributed by atoms with Gasteiger partial charge in [0.1, 0.15) is 11.8 Å². The van der Waals surface area contributed by atoms with Gasteiger partial charge in [-0.05, 0) is 37.9 Å². The number of anilines is 1. The molecular formula is C17H20N4O2. The molecule has 2 aromatic rings. The summed E-state index contributed by atoms with van der Waals surface area (Å²) in [5.41, 5.74) is 1.22. The number of oxazole rings is 1. The zero-order valence-corrected chi connectivity index (χ0v) is 13.5. The molecule has 0 fully saturated rings. The van der Waals surface area contributed by atoms with Gasteiger partial charge in [-0.15, -0.1) is 0 Å². The van der Waals surface area contributed by atoms with E-state index in [0.717, 1.165) is 17.9 Å². The van der Waals surface area contributed by atoms with Crippen molar-refractivity contribution < 1.29 is 9.15 Å². The second-order valence-corrected chi connectivity index (χ2v) is 5.18. The van der Waals surface area contributed by atoms with E-state index in [0.29, 0.717) is 18.3 Å². The smallest absolute Gasteiger partial charge is 0.232 e. The van der Waals surface area contributed by atoms with Crippen molar-refractivity contribution in [3.63, 3.8) is 0 Å². The zero-order valence-electron chi connectivity index (χ0n) is 13.5. The molecule has 2 rings (SSSR count). The molecule has 0 aliphatic rings. The standard InChI is InChI=1S/C17H20N4O2/c1-21(2)10-9-19-17-15(12-18)20-16(23-17)8-7-13-5-4-6-14(11-13)22-3/h4-8,11,19H,9-10H2,1-3H3/b8-7+. The summed E-state index contributed by atoms with van der Waals surface area (Å²) in [5, 5.41) is 12.2. The van der Waals surface area contributed by atoms with Crippen molar-refractivity contribution in [1.82, 2.24) is 9.88 Å². The van der Waals surface area contributed by atoms with Gasteiger partial charge in [-0.2, -0.15) is 10.2 Å². The predicted molar refractivity (Wildman–Crippen MR) is 90.2 cm³/mol. The van der Waals surface area contributed by atoms with E-state index in [1.807, 2.05) is 55.4 Å². The number of nitrogens with zero attached hydrogens (tertiary/aromatic N) is 3. The topological polar surface area (TPSA) is 74.3 Å². The lowest BCUT2D eigenvalue weighted by Gasteiger charge is -2.09. The third-order valence-electron chi connectivity index (χ3n) is 3.11. The van der Waals surface area contributed by atoms with E-state index >= 15 is 0 Å². The number of hydrogen-bond donors (Lipinski definition) is 1. The minimum absolute atomic E-state index is 0.258. The second kappa shape index (κ2) is 8.01. The van der Waals surface area contributed by atoms with Crippen LogP contribution in [0.3, 0.4) is 0 Å². The molecule has 6 nitrogen and oxygen atoms in total. The quantitative estimate of drug-likeness (QED) is 0.847. The highest BCUT2D eigenvalue weighted by Gasteiger charge is 2.10. The molecule has 0 radical (unpaired) electrons. The molecule has 0 saturated carbocycles. The number of benzene rings is 1. The normalized spacial score (nSPS) is 10.9. The summed E-state index contributed by atoms with van der Waals surface area (Å²) < 4.78 is 10.8. The average molecular weight is 312 g/mol. The zero-order chi connectivity index (χ0) is 16.7. The molecule has 1 aromatic heterocycles. The molecule has 120 valence electrons. The summed E-state index contributed by atoms with van der Waals surface area (Å²) in [6, 6.07) is 9.67. The van der Waals surface area contributed by atoms with Gasteiger partial charge in [-0.25, -0.2) is 0 Å². The van der Waals surface area contributed by atoms with Crippen LogP contribution >= 0.6 is 0 Å². The maximum absolute atomic E-state index is 9.13. The van der Waals surface area contributed by atoms with Crippen molar-refractivity contribution in [3.8, 4) is 11.8 Å². The van der Waals surface area contributed by atoms with Crippen molar-refractivity contribution in [2.75, 3.05) is 39.6 Å². The first kappa shape index (κ1) is 16.6. The molecule has 0 amide bonds. The van der Waals surface area contributed by atoms with E-state index in [2.05, 4.69) is 10.3 Å². The molecule has 0 atom stereocenters. The van der Waals surface area contributed by atoms with Crippen LogP contribution < -0.4 is 10.1 Å². The van der Waals surface area contributed by atoms with E-state index in [9.17, 15) is 0 Å². The lowest BCUT2D eigenvalue weighted by molar-refractivity contribution is 0.414. The van der Waals surface area contributed by atoms with Gasteiger partial charge in [0.2, 0.25) is 17.5 Å². The summed E-state index contributed by atoms with van der Waals surface area (Å²) in [6.07, 6.45) is 3.59. The van der Waals surface area contributed by atoms with Gasteiger partial charge in [-0.1, -0.05) is 12.1 Å². The summed E-state index contributed by atoms with van der Waals surface area (Å²) in [5.74, 6) is 1.57. The third kappa shape index (κ3) is 4.87. The summed E-state index contributed by atoms with van der Waals surface area (Å²) in [7, 11) is 5.59. The first-order valence-corrected chi connectivity index (χ1v) is 7.24. The summed E-state index contributed by atoms with van der Waals surface area (Å²) in [4.78, 5) is 6.20. The number of aromatic nitrogens is 1. The lowest BCUT2D eigenvalue weighted by Crippen LogP contribution is -2.20. The molecule has 0 spiro atoms. The van der Waals surface area contributed by atoms with Crippen LogP contribution in [0.4, 0.5) is 5.88 Å². The molecule has 6 heteroatoms. The van der Waals surface area contributed by atoms with Gasteiger partial charge in [0.25, 0.3) is 0 Å². The average Bonchev–Trinajstić information content (AvgIpc) is 2.95. The van der Waals surface area contributed by atoms with E-state index in [1.54, 1.807) is 13.2 Å². The van der Waals surface area contributed by atoms with Gasteiger partial charge in [0.05, 0.1) is 7.11 Å². The fourth-order valence-electron chi connectivity index (χ4n) is 1.91. The van der Waals surface area contributed by atoms with Crippen LogP contribution in [0.2, 0.25) is 0 Å². The Morgan fingerprint density at radius 3 is 2.91 bits per heavy atom. The minimum Gasteiger partial charge on any atom is -0.497 e. The molecule has 1 heterocycles. The van der Waals surface area contributed by atoms with Crippen LogP contribution in [-0.4, -0.2) is 44.2 Å². The fourth-order valence-corrected chi connectivity index (χ4v) is 1.91. The number of ether oxygens (including phenoxy) is 1. The number of methoxy groups -OCH3 is 1. The SMILES string of the molecule is COc1cccc(/C=C/c2nc(C#N)c(NCCN(C)C)o2)c1. The first-order valence-electron chi connectivity index (χ1n) is 7.24. The number of rotatable bonds is 7. The van der Waals surface area contributed by atoms with Crippen molar-refractivity contribution in [2.24, 2.45) is 0 Å². The Morgan fingerprint density at radius 2 is 2.22 bits per heavy atom. The Labute approximate surface area is 136 Å². The highest BCUT2D eigenvalue weighted by Crippen LogP contribution is 2.19. The van der Waals surface area contributed by atoms with Crippen LogP contribution in [0.25, 0.3) is 12.2 Å². The van der Waals surface area contributed by atoms with Crippen LogP contribution in [0.1, 0.15) is 17.1 Å². The Kier molecular flexibility index (Phi) is 5.78. The number of hydrogen-bond acceptors (Lipinski definition) is 6. The Bertz CT molecular complexity index is 714. The second-order valence-electron chi connectivity index (χ2n) is 5.18. The Balaban J connectivity index is 2.09. The number of nitrogens with one attached hydrogen (secondary N) is 1. The number of likely N-dealkylation sites (N-methyl/N-ethyl adjacent to an activating group) is 1. The minimum atomic E-state index is 0.258. The van der Waals surface area contributed by atoms with E-state index in [4.69, 9.17) is 14.4 Å². The van der Waals surface area contributed by atoms with Gasteiger partial charge in [-0.3, -0.25) is 0 Å². The van der Waals surface area contributed by atoms with Crippen molar-refractivity contribution in [2.45, 2.75) is 0 Å². The molecule has 0 aliphatic heterocycles. The van der Waals surface area contributed by atoms with Crippen LogP contribution in [0.5, 0.6) is 5.75 Å². The largest absolute Gasteiger partial charge is 0.497 e. The maximum atomic E-state index is 9.13. The molecule has 1 N–H and O–H groups in total. The molecule has 0 saturated heterocycles. The van der Waals surface area contributed by atoms with Gasteiger partial charge < -0.3 is 19.4 Å². The molecular weight excluding hydrogens is 292 g/mol. The van der Waals surface area contributed by atoms with Crippen LogP contribution in [-0.2, 0) is 0 Å². The van der Waals surface area contributed by atoms with Crippen molar-refractivity contribution in [1.29, 1.82) is 5.26 Å². The molecule has 1 aromatic carbocycles. The maximum Gasteiger partial charge on any atom is 0.232 e. The summed E-state index contributed by atoms with van der Waals surface area (Å²) >= 11 is 0. The van der Waals surface area contributed by atoms with Crippen molar-refractivity contribution >= 4 is 18.0 Å². The van der Waals surface area contributed by atoms with E-state index in [-0.39, 0.29) is 5.69 Å². The van der Waals surface area contributed by atoms with E-state index in [1.165, 1.54) is 0 Å². The predicted octanol–water partition coefficient (Wildman–Crippen LogP) is 2.70. The Hall–Kier alpha value is -2.78. The Morgan fingerprint density at radius 1 is 1.39 bits per heavy atom. The summed E-state index contributed by atoms with van der Waals surface area (Å²) in [6.45, 7) is 1.51. The van der Waals surface area contributed by atoms with Gasteiger partial charge in [0, 0.05) is 19.2 Å². The van der Waals surface area contributed by atoms with Gasteiger partial charge in [0.15, 0.2) is 0 Å². The number of nitriles is 1.